The Kier molecular flexibility index (Phi) is 3.94. The van der Waals surface area contributed by atoms with Crippen molar-refractivity contribution in [1.82, 2.24) is 5.32 Å². The molecule has 110 valence electrons. The second kappa shape index (κ2) is 5.87. The zero-order chi connectivity index (χ0) is 14.7. The Morgan fingerprint density at radius 2 is 2.05 bits per heavy atom. The first-order valence-electron chi connectivity index (χ1n) is 7.06. The van der Waals surface area contributed by atoms with Gasteiger partial charge in [-0.25, -0.2) is 4.79 Å². The molecule has 0 unspecified atom stereocenters. The minimum Gasteiger partial charge on any atom is -0.388 e. The van der Waals surface area contributed by atoms with Crippen LogP contribution in [0.3, 0.4) is 0 Å². The molecular formula is C16H18N2O2S. The normalized spacial score (nSPS) is 16.0. The molecule has 3 N–H and O–H groups in total. The smallest absolute Gasteiger partial charge is 0.319 e. The van der Waals surface area contributed by atoms with E-state index < -0.39 is 5.60 Å². The molecule has 0 atom stereocenters. The predicted molar refractivity (Wildman–Crippen MR) is 85.6 cm³/mol. The van der Waals surface area contributed by atoms with E-state index in [2.05, 4.69) is 10.6 Å². The summed E-state index contributed by atoms with van der Waals surface area (Å²) in [6.45, 7) is 0.306. The minimum atomic E-state index is -0.704. The Hall–Kier alpha value is -1.85. The van der Waals surface area contributed by atoms with E-state index in [1.165, 1.54) is 0 Å². The number of urea groups is 1. The van der Waals surface area contributed by atoms with Crippen LogP contribution in [0.4, 0.5) is 10.5 Å². The molecule has 1 aromatic carbocycles. The van der Waals surface area contributed by atoms with Crippen molar-refractivity contribution in [3.05, 3.63) is 41.8 Å². The van der Waals surface area contributed by atoms with Gasteiger partial charge in [-0.15, -0.1) is 11.3 Å². The number of benzene rings is 1. The molecule has 0 aliphatic heterocycles. The Morgan fingerprint density at radius 1 is 1.24 bits per heavy atom. The summed E-state index contributed by atoms with van der Waals surface area (Å²) in [5.41, 5.74) is 1.08. The van der Waals surface area contributed by atoms with Crippen LogP contribution in [0, 0.1) is 0 Å². The number of nitrogens with one attached hydrogen (secondary N) is 2. The molecule has 1 saturated carbocycles. The Labute approximate surface area is 127 Å². The van der Waals surface area contributed by atoms with Gasteiger partial charge in [0.15, 0.2) is 0 Å². The molecule has 0 saturated heterocycles. The number of hydrogen-bond donors (Lipinski definition) is 3. The van der Waals surface area contributed by atoms with Gasteiger partial charge in [0, 0.05) is 17.0 Å². The lowest BCUT2D eigenvalue weighted by atomic mass is 9.80. The van der Waals surface area contributed by atoms with Gasteiger partial charge in [0.2, 0.25) is 0 Å². The summed E-state index contributed by atoms with van der Waals surface area (Å²) < 4.78 is 0. The molecule has 1 aliphatic carbocycles. The maximum atomic E-state index is 12.0. The van der Waals surface area contributed by atoms with Gasteiger partial charge in [0.05, 0.1) is 11.3 Å². The van der Waals surface area contributed by atoms with E-state index >= 15 is 0 Å². The van der Waals surface area contributed by atoms with Crippen molar-refractivity contribution < 1.29 is 9.90 Å². The molecule has 0 spiro atoms. The lowest BCUT2D eigenvalue weighted by Gasteiger charge is -2.36. The number of rotatable bonds is 4. The van der Waals surface area contributed by atoms with Gasteiger partial charge in [0.25, 0.3) is 0 Å². The van der Waals surface area contributed by atoms with Crippen molar-refractivity contribution in [3.8, 4) is 10.4 Å². The van der Waals surface area contributed by atoms with Crippen molar-refractivity contribution in [2.45, 2.75) is 24.9 Å². The van der Waals surface area contributed by atoms with Gasteiger partial charge < -0.3 is 15.7 Å². The summed E-state index contributed by atoms with van der Waals surface area (Å²) in [4.78, 5) is 13.1. The molecule has 5 heteroatoms. The fraction of sp³-hybridized carbons (Fsp3) is 0.312. The van der Waals surface area contributed by atoms with Gasteiger partial charge in [-0.2, -0.15) is 0 Å². The highest BCUT2D eigenvalue weighted by Gasteiger charge is 2.34. The number of para-hydroxylation sites is 1. The summed E-state index contributed by atoms with van der Waals surface area (Å²) in [5, 5.41) is 17.6. The van der Waals surface area contributed by atoms with Crippen LogP contribution in [0.15, 0.2) is 41.8 Å². The zero-order valence-corrected chi connectivity index (χ0v) is 12.5. The number of anilines is 1. The predicted octanol–water partition coefficient (Wildman–Crippen LogP) is 3.45. The number of aliphatic hydroxyl groups is 1. The summed E-state index contributed by atoms with van der Waals surface area (Å²) in [6, 6.07) is 11.5. The quantitative estimate of drug-likeness (QED) is 0.810. The fourth-order valence-electron chi connectivity index (χ4n) is 2.41. The van der Waals surface area contributed by atoms with Gasteiger partial charge >= 0.3 is 6.03 Å². The van der Waals surface area contributed by atoms with Crippen molar-refractivity contribution in [2.24, 2.45) is 0 Å². The molecule has 21 heavy (non-hydrogen) atoms. The van der Waals surface area contributed by atoms with Crippen LogP contribution in [0.1, 0.15) is 19.3 Å². The SMILES string of the molecule is O=C(NCC1(O)CCC1)Nc1ccccc1-c1cccs1. The molecular weight excluding hydrogens is 284 g/mol. The standard InChI is InChI=1S/C16H18N2O2S/c19-15(17-11-16(20)8-4-9-16)18-13-6-2-1-5-12(13)14-7-3-10-21-14/h1-3,5-7,10,20H,4,8-9,11H2,(H2,17,18,19). The van der Waals surface area contributed by atoms with E-state index in [1.54, 1.807) is 11.3 Å². The largest absolute Gasteiger partial charge is 0.388 e. The van der Waals surface area contributed by atoms with Gasteiger partial charge in [-0.3, -0.25) is 0 Å². The van der Waals surface area contributed by atoms with Crippen LogP contribution >= 0.6 is 11.3 Å². The number of amides is 2. The summed E-state index contributed by atoms with van der Waals surface area (Å²) in [6.07, 6.45) is 2.55. The lowest BCUT2D eigenvalue weighted by Crippen LogP contribution is -2.48. The van der Waals surface area contributed by atoms with Crippen LogP contribution in [0.25, 0.3) is 10.4 Å². The summed E-state index contributed by atoms with van der Waals surface area (Å²) >= 11 is 1.64. The average Bonchev–Trinajstić information content (AvgIpc) is 2.98. The number of carbonyl (C=O) groups excluding carboxylic acids is 1. The topological polar surface area (TPSA) is 61.4 Å². The summed E-state index contributed by atoms with van der Waals surface area (Å²) in [7, 11) is 0. The van der Waals surface area contributed by atoms with Crippen molar-refractivity contribution >= 4 is 23.1 Å². The molecule has 0 bridgehead atoms. The maximum Gasteiger partial charge on any atom is 0.319 e. The molecule has 3 rings (SSSR count). The molecule has 2 aromatic rings. The summed E-state index contributed by atoms with van der Waals surface area (Å²) in [5.74, 6) is 0. The molecule has 4 nitrogen and oxygen atoms in total. The monoisotopic (exact) mass is 302 g/mol. The van der Waals surface area contributed by atoms with Crippen molar-refractivity contribution in [3.63, 3.8) is 0 Å². The first kappa shape index (κ1) is 14.1. The van der Waals surface area contributed by atoms with E-state index in [-0.39, 0.29) is 6.03 Å². The van der Waals surface area contributed by atoms with Crippen molar-refractivity contribution in [1.29, 1.82) is 0 Å². The van der Waals surface area contributed by atoms with E-state index in [9.17, 15) is 9.90 Å². The van der Waals surface area contributed by atoms with Crippen LogP contribution < -0.4 is 10.6 Å². The maximum absolute atomic E-state index is 12.0. The Balaban J connectivity index is 1.66. The highest BCUT2D eigenvalue weighted by atomic mass is 32.1. The van der Waals surface area contributed by atoms with E-state index in [4.69, 9.17) is 0 Å². The Morgan fingerprint density at radius 3 is 2.71 bits per heavy atom. The molecule has 0 radical (unpaired) electrons. The van der Waals surface area contributed by atoms with Gasteiger partial charge in [0.1, 0.15) is 0 Å². The second-order valence-electron chi connectivity index (χ2n) is 5.41. The highest BCUT2D eigenvalue weighted by molar-refractivity contribution is 7.13. The number of thiophene rings is 1. The van der Waals surface area contributed by atoms with E-state index in [1.807, 2.05) is 41.8 Å². The fourth-order valence-corrected chi connectivity index (χ4v) is 3.18. The van der Waals surface area contributed by atoms with Crippen LogP contribution in [0.5, 0.6) is 0 Å². The van der Waals surface area contributed by atoms with Crippen LogP contribution in [-0.4, -0.2) is 23.3 Å². The molecule has 1 aliphatic rings. The third-order valence-electron chi connectivity index (χ3n) is 3.82. The van der Waals surface area contributed by atoms with Gasteiger partial charge in [-0.05, 0) is 36.8 Å². The highest BCUT2D eigenvalue weighted by Crippen LogP contribution is 2.32. The second-order valence-corrected chi connectivity index (χ2v) is 6.36. The van der Waals surface area contributed by atoms with Gasteiger partial charge in [-0.1, -0.05) is 24.3 Å². The van der Waals surface area contributed by atoms with Crippen LogP contribution in [-0.2, 0) is 0 Å². The third kappa shape index (κ3) is 3.25. The lowest BCUT2D eigenvalue weighted by molar-refractivity contribution is -0.0287. The molecule has 1 aromatic heterocycles. The molecule has 1 fully saturated rings. The van der Waals surface area contributed by atoms with Crippen LogP contribution in [0.2, 0.25) is 0 Å². The van der Waals surface area contributed by atoms with E-state index in [0.29, 0.717) is 6.54 Å². The average molecular weight is 302 g/mol. The number of carbonyl (C=O) groups is 1. The first-order chi connectivity index (χ1) is 10.2. The van der Waals surface area contributed by atoms with Crippen molar-refractivity contribution in [2.75, 3.05) is 11.9 Å². The molecule has 2 amide bonds. The first-order valence-corrected chi connectivity index (χ1v) is 7.94. The molecule has 1 heterocycles. The minimum absolute atomic E-state index is 0.278. The Bertz CT molecular complexity index is 621. The zero-order valence-electron chi connectivity index (χ0n) is 11.6. The van der Waals surface area contributed by atoms with E-state index in [0.717, 1.165) is 35.4 Å². The number of hydrogen-bond acceptors (Lipinski definition) is 3. The third-order valence-corrected chi connectivity index (χ3v) is 4.73.